The fraction of sp³-hybridized carbons (Fsp3) is 1.00. The van der Waals surface area contributed by atoms with E-state index in [0.29, 0.717) is 0 Å². The quantitative estimate of drug-likeness (QED) is 0.447. The lowest BCUT2D eigenvalue weighted by molar-refractivity contribution is 0.105. The Balaban J connectivity index is 4.09. The van der Waals surface area contributed by atoms with Crippen molar-refractivity contribution in [1.82, 2.24) is 4.98 Å². The van der Waals surface area contributed by atoms with Crippen molar-refractivity contribution in [2.45, 2.75) is 19.5 Å². The predicted octanol–water partition coefficient (Wildman–Crippen LogP) is -0.354. The standard InChI is InChI=1S/C6H18N2O3Si/c1-5-6(7)8-12(9-2,10-3)11-4/h6,8H,5,7H2,1-4H3. The van der Waals surface area contributed by atoms with Crippen LogP contribution in [0, 0.1) is 0 Å². The summed E-state index contributed by atoms with van der Waals surface area (Å²) in [5.41, 5.74) is 5.67. The molecule has 6 heteroatoms. The molecular formula is C6H18N2O3Si. The van der Waals surface area contributed by atoms with Gasteiger partial charge in [-0.1, -0.05) is 6.92 Å². The molecule has 5 nitrogen and oxygen atoms in total. The van der Waals surface area contributed by atoms with Gasteiger partial charge in [-0.3, -0.25) is 4.98 Å². The van der Waals surface area contributed by atoms with Crippen LogP contribution in [0.5, 0.6) is 0 Å². The number of rotatable bonds is 6. The molecule has 0 aromatic rings. The van der Waals surface area contributed by atoms with E-state index in [1.165, 1.54) is 21.3 Å². The van der Waals surface area contributed by atoms with Crippen LogP contribution in [-0.2, 0) is 13.3 Å². The van der Waals surface area contributed by atoms with Crippen LogP contribution >= 0.6 is 0 Å². The molecule has 0 aromatic heterocycles. The van der Waals surface area contributed by atoms with Gasteiger partial charge in [-0.2, -0.15) is 0 Å². The number of hydrogen-bond donors (Lipinski definition) is 2. The fourth-order valence-corrected chi connectivity index (χ4v) is 2.27. The molecule has 1 unspecified atom stereocenters. The van der Waals surface area contributed by atoms with Crippen LogP contribution in [0.1, 0.15) is 13.3 Å². The van der Waals surface area contributed by atoms with Crippen LogP contribution < -0.4 is 10.7 Å². The molecule has 0 fully saturated rings. The Labute approximate surface area is 74.6 Å². The van der Waals surface area contributed by atoms with Gasteiger partial charge in [0.05, 0.1) is 6.17 Å². The highest BCUT2D eigenvalue weighted by Gasteiger charge is 2.40. The van der Waals surface area contributed by atoms with Crippen molar-refractivity contribution in [1.29, 1.82) is 0 Å². The van der Waals surface area contributed by atoms with E-state index in [-0.39, 0.29) is 6.17 Å². The normalized spacial score (nSPS) is 14.8. The van der Waals surface area contributed by atoms with E-state index < -0.39 is 8.97 Å². The van der Waals surface area contributed by atoms with Gasteiger partial charge >= 0.3 is 8.97 Å². The summed E-state index contributed by atoms with van der Waals surface area (Å²) in [6.45, 7) is 1.97. The van der Waals surface area contributed by atoms with Crippen molar-refractivity contribution < 1.29 is 13.3 Å². The maximum absolute atomic E-state index is 5.67. The minimum absolute atomic E-state index is 0.156. The predicted molar refractivity (Wildman–Crippen MR) is 48.2 cm³/mol. The van der Waals surface area contributed by atoms with Crippen molar-refractivity contribution in [3.63, 3.8) is 0 Å². The number of nitrogens with one attached hydrogen (secondary N) is 1. The Kier molecular flexibility index (Phi) is 5.63. The van der Waals surface area contributed by atoms with E-state index in [9.17, 15) is 0 Å². The second-order valence-corrected chi connectivity index (χ2v) is 4.95. The Bertz CT molecular complexity index is 113. The van der Waals surface area contributed by atoms with Crippen LogP contribution in [-0.4, -0.2) is 36.5 Å². The summed E-state index contributed by atoms with van der Waals surface area (Å²) < 4.78 is 15.3. The SMILES string of the molecule is CCC(N)N[Si](OC)(OC)OC. The van der Waals surface area contributed by atoms with Crippen LogP contribution in [0.25, 0.3) is 0 Å². The second kappa shape index (κ2) is 5.63. The third kappa shape index (κ3) is 3.17. The topological polar surface area (TPSA) is 65.7 Å². The molecule has 0 spiro atoms. The molecule has 0 heterocycles. The van der Waals surface area contributed by atoms with Crippen molar-refractivity contribution in [2.24, 2.45) is 5.73 Å². The van der Waals surface area contributed by atoms with E-state index in [1.54, 1.807) is 0 Å². The minimum Gasteiger partial charge on any atom is -0.364 e. The maximum atomic E-state index is 5.67. The first-order valence-corrected chi connectivity index (χ1v) is 5.55. The molecule has 0 rings (SSSR count). The highest BCUT2D eigenvalue weighted by molar-refractivity contribution is 6.57. The summed E-state index contributed by atoms with van der Waals surface area (Å²) in [4.78, 5) is 2.98. The molecule has 0 aliphatic heterocycles. The molecular weight excluding hydrogens is 176 g/mol. The third-order valence-corrected chi connectivity index (χ3v) is 3.94. The van der Waals surface area contributed by atoms with Crippen molar-refractivity contribution >= 4 is 8.97 Å². The lowest BCUT2D eigenvalue weighted by Gasteiger charge is -2.27. The van der Waals surface area contributed by atoms with Crippen LogP contribution in [0.3, 0.4) is 0 Å². The first-order chi connectivity index (χ1) is 5.64. The summed E-state index contributed by atoms with van der Waals surface area (Å²) in [6, 6.07) is 0. The Hall–Kier alpha value is 0.0169. The van der Waals surface area contributed by atoms with Crippen LogP contribution in [0.15, 0.2) is 0 Å². The zero-order valence-corrected chi connectivity index (χ0v) is 9.09. The zero-order valence-electron chi connectivity index (χ0n) is 8.09. The van der Waals surface area contributed by atoms with E-state index in [1.807, 2.05) is 6.92 Å². The van der Waals surface area contributed by atoms with Gasteiger partial charge in [-0.15, -0.1) is 0 Å². The molecule has 12 heavy (non-hydrogen) atoms. The van der Waals surface area contributed by atoms with E-state index in [0.717, 1.165) is 6.42 Å². The van der Waals surface area contributed by atoms with E-state index in [4.69, 9.17) is 19.0 Å². The summed E-state index contributed by atoms with van der Waals surface area (Å²) >= 11 is 0. The first kappa shape index (κ1) is 12.0. The molecule has 1 atom stereocenters. The molecule has 0 aromatic carbocycles. The molecule has 0 bridgehead atoms. The average molecular weight is 194 g/mol. The molecule has 0 aliphatic carbocycles. The zero-order chi connectivity index (χ0) is 9.61. The maximum Gasteiger partial charge on any atom is 0.597 e. The van der Waals surface area contributed by atoms with Crippen molar-refractivity contribution in [2.75, 3.05) is 21.3 Å². The van der Waals surface area contributed by atoms with Gasteiger partial charge in [0.25, 0.3) is 0 Å². The van der Waals surface area contributed by atoms with Gasteiger partial charge in [0, 0.05) is 21.3 Å². The smallest absolute Gasteiger partial charge is 0.364 e. The number of nitrogens with two attached hydrogens (primary N) is 1. The van der Waals surface area contributed by atoms with Crippen molar-refractivity contribution in [3.8, 4) is 0 Å². The highest BCUT2D eigenvalue weighted by atomic mass is 28.4. The lowest BCUT2D eigenvalue weighted by Crippen LogP contribution is -2.62. The molecule has 0 saturated carbocycles. The molecule has 74 valence electrons. The van der Waals surface area contributed by atoms with E-state index >= 15 is 0 Å². The van der Waals surface area contributed by atoms with Gasteiger partial charge < -0.3 is 19.0 Å². The summed E-state index contributed by atoms with van der Waals surface area (Å²) in [5.74, 6) is 0. The van der Waals surface area contributed by atoms with Gasteiger partial charge in [0.1, 0.15) is 0 Å². The van der Waals surface area contributed by atoms with Gasteiger partial charge in [0.2, 0.25) is 0 Å². The second-order valence-electron chi connectivity index (χ2n) is 2.33. The Morgan fingerprint density at radius 1 is 1.25 bits per heavy atom. The number of hydrogen-bond acceptors (Lipinski definition) is 5. The summed E-state index contributed by atoms with van der Waals surface area (Å²) in [5, 5.41) is 0. The monoisotopic (exact) mass is 194 g/mol. The largest absolute Gasteiger partial charge is 0.597 e. The summed E-state index contributed by atoms with van der Waals surface area (Å²) in [7, 11) is 1.93. The van der Waals surface area contributed by atoms with Gasteiger partial charge in [-0.05, 0) is 6.42 Å². The summed E-state index contributed by atoms with van der Waals surface area (Å²) in [6.07, 6.45) is 0.640. The van der Waals surface area contributed by atoms with Crippen LogP contribution in [0.4, 0.5) is 0 Å². The lowest BCUT2D eigenvalue weighted by atomic mass is 10.4. The molecule has 0 amide bonds. The first-order valence-electron chi connectivity index (χ1n) is 3.82. The molecule has 0 aliphatic rings. The van der Waals surface area contributed by atoms with E-state index in [2.05, 4.69) is 4.98 Å². The average Bonchev–Trinajstić information content (AvgIpc) is 2.14. The fourth-order valence-electron chi connectivity index (χ4n) is 0.756. The Morgan fingerprint density at radius 3 is 1.92 bits per heavy atom. The van der Waals surface area contributed by atoms with Crippen molar-refractivity contribution in [3.05, 3.63) is 0 Å². The minimum atomic E-state index is -2.68. The van der Waals surface area contributed by atoms with Gasteiger partial charge in [-0.25, -0.2) is 0 Å². The molecule has 3 N–H and O–H groups in total. The third-order valence-electron chi connectivity index (χ3n) is 1.61. The molecule has 0 saturated heterocycles. The molecule has 0 radical (unpaired) electrons. The highest BCUT2D eigenvalue weighted by Crippen LogP contribution is 2.02. The Morgan fingerprint density at radius 2 is 1.67 bits per heavy atom. The van der Waals surface area contributed by atoms with Gasteiger partial charge in [0.15, 0.2) is 0 Å². The van der Waals surface area contributed by atoms with Crippen LogP contribution in [0.2, 0.25) is 0 Å².